The van der Waals surface area contributed by atoms with Gasteiger partial charge in [0.2, 0.25) is 5.91 Å². The number of carbonyl (C=O) groups excluding carboxylic acids is 2. The molecule has 174 valence electrons. The van der Waals surface area contributed by atoms with Gasteiger partial charge in [-0.15, -0.1) is 0 Å². The van der Waals surface area contributed by atoms with Crippen LogP contribution in [0.3, 0.4) is 0 Å². The van der Waals surface area contributed by atoms with Gasteiger partial charge >= 0.3 is 0 Å². The van der Waals surface area contributed by atoms with Crippen molar-refractivity contribution >= 4 is 35.0 Å². The van der Waals surface area contributed by atoms with Gasteiger partial charge in [-0.3, -0.25) is 9.59 Å². The first kappa shape index (κ1) is 26.0. The van der Waals surface area contributed by atoms with Gasteiger partial charge in [0.15, 0.2) is 6.61 Å². The second kappa shape index (κ2) is 12.1. The largest absolute Gasteiger partial charge is 0.483 e. The molecule has 2 aromatic rings. The van der Waals surface area contributed by atoms with Crippen LogP contribution in [-0.4, -0.2) is 35.9 Å². The minimum Gasteiger partial charge on any atom is -0.483 e. The van der Waals surface area contributed by atoms with Gasteiger partial charge in [-0.25, -0.2) is 0 Å². The normalized spacial score (nSPS) is 12.0. The predicted molar refractivity (Wildman–Crippen MR) is 130 cm³/mol. The number of carbonyl (C=O) groups is 2. The van der Waals surface area contributed by atoms with Crippen LogP contribution in [0.5, 0.6) is 5.75 Å². The summed E-state index contributed by atoms with van der Waals surface area (Å²) in [5.41, 5.74) is 1.80. The van der Waals surface area contributed by atoms with Crippen LogP contribution in [0.25, 0.3) is 0 Å². The van der Waals surface area contributed by atoms with Gasteiger partial charge in [0.05, 0.1) is 10.0 Å². The van der Waals surface area contributed by atoms with Crippen molar-refractivity contribution in [3.05, 3.63) is 63.6 Å². The third-order valence-electron chi connectivity index (χ3n) is 5.08. The number of benzene rings is 2. The summed E-state index contributed by atoms with van der Waals surface area (Å²) >= 11 is 12.2. The molecule has 1 N–H and O–H groups in total. The Kier molecular flexibility index (Phi) is 9.85. The maximum atomic E-state index is 13.2. The zero-order chi connectivity index (χ0) is 23.8. The van der Waals surface area contributed by atoms with Crippen molar-refractivity contribution < 1.29 is 14.3 Å². The van der Waals surface area contributed by atoms with Crippen molar-refractivity contribution in [1.29, 1.82) is 0 Å². The highest BCUT2D eigenvalue weighted by Crippen LogP contribution is 2.26. The quantitative estimate of drug-likeness (QED) is 0.477. The predicted octanol–water partition coefficient (Wildman–Crippen LogP) is 5.69. The molecular weight excluding hydrogens is 447 g/mol. The van der Waals surface area contributed by atoms with Crippen molar-refractivity contribution in [2.24, 2.45) is 5.92 Å². The van der Waals surface area contributed by atoms with Crippen LogP contribution >= 0.6 is 23.2 Å². The van der Waals surface area contributed by atoms with Crippen LogP contribution < -0.4 is 10.1 Å². The fraction of sp³-hybridized carbons (Fsp3) is 0.440. The van der Waals surface area contributed by atoms with Crippen LogP contribution in [0.2, 0.25) is 10.0 Å². The van der Waals surface area contributed by atoms with E-state index in [2.05, 4.69) is 19.2 Å². The lowest BCUT2D eigenvalue weighted by Crippen LogP contribution is -2.49. The number of hydrogen-bond donors (Lipinski definition) is 1. The number of rotatable bonds is 10. The van der Waals surface area contributed by atoms with E-state index in [9.17, 15) is 9.59 Å². The lowest BCUT2D eigenvalue weighted by Gasteiger charge is -2.29. The Bertz CT molecular complexity index is 931. The molecule has 0 aliphatic rings. The summed E-state index contributed by atoms with van der Waals surface area (Å²) < 4.78 is 5.88. The SMILES string of the molecule is CC(C)CNC(=O)[C@H](C)N(Cc1ccc(Cl)c(Cl)c1)C(=O)COc1ccccc1C(C)C. The highest BCUT2D eigenvalue weighted by molar-refractivity contribution is 6.42. The second-order valence-electron chi connectivity index (χ2n) is 8.57. The van der Waals surface area contributed by atoms with E-state index >= 15 is 0 Å². The molecule has 1 atom stereocenters. The molecule has 2 aromatic carbocycles. The Morgan fingerprint density at radius 2 is 1.69 bits per heavy atom. The van der Waals surface area contributed by atoms with Gasteiger partial charge < -0.3 is 15.0 Å². The van der Waals surface area contributed by atoms with Gasteiger partial charge in [0.25, 0.3) is 5.91 Å². The van der Waals surface area contributed by atoms with E-state index in [0.717, 1.165) is 11.1 Å². The van der Waals surface area contributed by atoms with E-state index in [1.165, 1.54) is 4.90 Å². The first-order chi connectivity index (χ1) is 15.1. The van der Waals surface area contributed by atoms with E-state index in [1.807, 2.05) is 38.1 Å². The zero-order valence-corrected chi connectivity index (χ0v) is 20.8. The zero-order valence-electron chi connectivity index (χ0n) is 19.3. The minimum absolute atomic E-state index is 0.174. The van der Waals surface area contributed by atoms with E-state index in [4.69, 9.17) is 27.9 Å². The first-order valence-electron chi connectivity index (χ1n) is 10.8. The number of halogens is 2. The maximum absolute atomic E-state index is 13.2. The average Bonchev–Trinajstić information content (AvgIpc) is 2.76. The fourth-order valence-electron chi connectivity index (χ4n) is 3.18. The summed E-state index contributed by atoms with van der Waals surface area (Å²) in [4.78, 5) is 27.4. The van der Waals surface area contributed by atoms with Gasteiger partial charge in [0, 0.05) is 13.1 Å². The average molecular weight is 479 g/mol. The van der Waals surface area contributed by atoms with Gasteiger partial charge in [-0.2, -0.15) is 0 Å². The minimum atomic E-state index is -0.681. The highest BCUT2D eigenvalue weighted by atomic mass is 35.5. The van der Waals surface area contributed by atoms with Crippen molar-refractivity contribution in [2.45, 2.75) is 53.1 Å². The van der Waals surface area contributed by atoms with Gasteiger partial charge in [0.1, 0.15) is 11.8 Å². The Hall–Kier alpha value is -2.24. The number of hydrogen-bond acceptors (Lipinski definition) is 3. The van der Waals surface area contributed by atoms with Crippen molar-refractivity contribution in [2.75, 3.05) is 13.2 Å². The molecule has 0 aliphatic carbocycles. The molecule has 0 aromatic heterocycles. The van der Waals surface area contributed by atoms with E-state index in [0.29, 0.717) is 28.3 Å². The molecule has 0 heterocycles. The summed E-state index contributed by atoms with van der Waals surface area (Å²) in [5, 5.41) is 3.73. The molecule has 32 heavy (non-hydrogen) atoms. The van der Waals surface area contributed by atoms with E-state index in [-0.39, 0.29) is 30.9 Å². The van der Waals surface area contributed by atoms with E-state index < -0.39 is 6.04 Å². The summed E-state index contributed by atoms with van der Waals surface area (Å²) in [6, 6.07) is 12.2. The molecule has 0 fully saturated rings. The van der Waals surface area contributed by atoms with Crippen molar-refractivity contribution in [3.63, 3.8) is 0 Å². The topological polar surface area (TPSA) is 58.6 Å². The number of nitrogens with one attached hydrogen (secondary N) is 1. The molecule has 0 bridgehead atoms. The van der Waals surface area contributed by atoms with Crippen LogP contribution in [0.15, 0.2) is 42.5 Å². The Morgan fingerprint density at radius 3 is 2.31 bits per heavy atom. The third kappa shape index (κ3) is 7.42. The molecule has 7 heteroatoms. The molecule has 2 amide bonds. The third-order valence-corrected chi connectivity index (χ3v) is 5.82. The van der Waals surface area contributed by atoms with Crippen LogP contribution in [0.1, 0.15) is 51.7 Å². The lowest BCUT2D eigenvalue weighted by atomic mass is 10.0. The smallest absolute Gasteiger partial charge is 0.261 e. The van der Waals surface area contributed by atoms with Crippen molar-refractivity contribution in [3.8, 4) is 5.75 Å². The molecule has 0 radical (unpaired) electrons. The molecule has 5 nitrogen and oxygen atoms in total. The number of amides is 2. The molecule has 0 spiro atoms. The summed E-state index contributed by atoms with van der Waals surface area (Å²) in [6.45, 7) is 10.5. The Balaban J connectivity index is 2.21. The molecule has 0 aliphatic heterocycles. The van der Waals surface area contributed by atoms with Crippen molar-refractivity contribution in [1.82, 2.24) is 10.2 Å². The van der Waals surface area contributed by atoms with Crippen LogP contribution in [0.4, 0.5) is 0 Å². The van der Waals surface area contributed by atoms with Gasteiger partial charge in [-0.1, -0.05) is 75.2 Å². The summed E-state index contributed by atoms with van der Waals surface area (Å²) in [6.07, 6.45) is 0. The van der Waals surface area contributed by atoms with Gasteiger partial charge in [-0.05, 0) is 48.1 Å². The lowest BCUT2D eigenvalue weighted by molar-refractivity contribution is -0.142. The second-order valence-corrected chi connectivity index (χ2v) is 9.38. The fourth-order valence-corrected chi connectivity index (χ4v) is 3.50. The standard InChI is InChI=1S/C25H32Cl2N2O3/c1-16(2)13-28-25(31)18(5)29(14-19-10-11-21(26)22(27)12-19)24(30)15-32-23-9-7-6-8-20(23)17(3)4/h6-12,16-18H,13-15H2,1-5H3,(H,28,31)/t18-/m0/s1. The molecular formula is C25H32Cl2N2O3. The molecule has 0 saturated heterocycles. The summed E-state index contributed by atoms with van der Waals surface area (Å²) in [7, 11) is 0. The summed E-state index contributed by atoms with van der Waals surface area (Å²) in [5.74, 6) is 0.731. The molecule has 0 unspecified atom stereocenters. The monoisotopic (exact) mass is 478 g/mol. The number of para-hydroxylation sites is 1. The number of ether oxygens (including phenoxy) is 1. The Morgan fingerprint density at radius 1 is 1.00 bits per heavy atom. The molecule has 2 rings (SSSR count). The molecule has 0 saturated carbocycles. The first-order valence-corrected chi connectivity index (χ1v) is 11.6. The number of nitrogens with zero attached hydrogens (tertiary/aromatic N) is 1. The van der Waals surface area contributed by atoms with E-state index in [1.54, 1.807) is 25.1 Å². The Labute approximate surface area is 201 Å². The maximum Gasteiger partial charge on any atom is 0.261 e. The van der Waals surface area contributed by atoms with Crippen LogP contribution in [0, 0.1) is 5.92 Å². The van der Waals surface area contributed by atoms with Crippen LogP contribution in [-0.2, 0) is 16.1 Å². The highest BCUT2D eigenvalue weighted by Gasteiger charge is 2.27.